The molecular weight excluding hydrogens is 326 g/mol. The van der Waals surface area contributed by atoms with Gasteiger partial charge in [-0.05, 0) is 38.8 Å². The second-order valence-electron chi connectivity index (χ2n) is 6.39. The Bertz CT molecular complexity index is 897. The van der Waals surface area contributed by atoms with Crippen LogP contribution in [0.25, 0.3) is 5.95 Å². The van der Waals surface area contributed by atoms with Crippen LogP contribution >= 0.6 is 0 Å². The fourth-order valence-corrected chi connectivity index (χ4v) is 3.01. The molecule has 6 heteroatoms. The summed E-state index contributed by atoms with van der Waals surface area (Å²) in [5, 5.41) is 7.45. The summed E-state index contributed by atoms with van der Waals surface area (Å²) in [6.45, 7) is 7.71. The number of hydrogen-bond acceptors (Lipinski definition) is 4. The van der Waals surface area contributed by atoms with Gasteiger partial charge in [-0.1, -0.05) is 37.3 Å². The molecule has 0 saturated heterocycles. The van der Waals surface area contributed by atoms with Gasteiger partial charge in [0.25, 0.3) is 5.95 Å². The van der Waals surface area contributed by atoms with Crippen LogP contribution in [0.15, 0.2) is 42.5 Å². The van der Waals surface area contributed by atoms with Crippen molar-refractivity contribution in [3.8, 4) is 5.95 Å². The van der Waals surface area contributed by atoms with Crippen molar-refractivity contribution in [2.24, 2.45) is 0 Å². The Morgan fingerprint density at radius 3 is 2.31 bits per heavy atom. The molecule has 1 N–H and O–H groups in total. The number of aryl methyl sites for hydroxylation is 3. The van der Waals surface area contributed by atoms with Gasteiger partial charge < -0.3 is 5.32 Å². The van der Waals surface area contributed by atoms with Crippen LogP contribution in [-0.4, -0.2) is 25.7 Å². The number of benzene rings is 1. The third-order valence-electron chi connectivity index (χ3n) is 4.17. The van der Waals surface area contributed by atoms with E-state index in [1.807, 2.05) is 70.2 Å². The molecule has 0 bridgehead atoms. The summed E-state index contributed by atoms with van der Waals surface area (Å²) in [4.78, 5) is 21.8. The quantitative estimate of drug-likeness (QED) is 0.762. The summed E-state index contributed by atoms with van der Waals surface area (Å²) in [5.74, 6) is 0.745. The summed E-state index contributed by atoms with van der Waals surface area (Å²) in [5.41, 5.74) is 3.50. The molecule has 2 aromatic heterocycles. The lowest BCUT2D eigenvalue weighted by Crippen LogP contribution is -2.22. The predicted molar refractivity (Wildman–Crippen MR) is 101 cm³/mol. The molecule has 6 nitrogen and oxygen atoms in total. The monoisotopic (exact) mass is 349 g/mol. The van der Waals surface area contributed by atoms with Crippen molar-refractivity contribution in [2.45, 2.75) is 40.0 Å². The van der Waals surface area contributed by atoms with Crippen molar-refractivity contribution in [1.29, 1.82) is 0 Å². The molecule has 0 unspecified atom stereocenters. The van der Waals surface area contributed by atoms with Crippen molar-refractivity contribution >= 4 is 11.7 Å². The highest BCUT2D eigenvalue weighted by molar-refractivity contribution is 5.95. The van der Waals surface area contributed by atoms with Gasteiger partial charge in [-0.15, -0.1) is 0 Å². The highest BCUT2D eigenvalue weighted by Gasteiger charge is 2.21. The Kier molecular flexibility index (Phi) is 5.11. The van der Waals surface area contributed by atoms with E-state index >= 15 is 0 Å². The number of anilines is 1. The SMILES string of the molecule is CC[C@@H](C(=O)Nc1cc(C)nn1-c1nc(C)cc(C)n1)c1ccccc1. The molecular formula is C20H23N5O. The normalized spacial score (nSPS) is 12.0. The van der Waals surface area contributed by atoms with Crippen molar-refractivity contribution in [3.63, 3.8) is 0 Å². The van der Waals surface area contributed by atoms with Gasteiger partial charge in [0.15, 0.2) is 0 Å². The van der Waals surface area contributed by atoms with Gasteiger partial charge in [-0.2, -0.15) is 9.78 Å². The fourth-order valence-electron chi connectivity index (χ4n) is 3.01. The Balaban J connectivity index is 1.92. The van der Waals surface area contributed by atoms with Gasteiger partial charge in [0.2, 0.25) is 5.91 Å². The molecule has 0 aliphatic carbocycles. The van der Waals surface area contributed by atoms with Gasteiger partial charge in [0.1, 0.15) is 5.82 Å². The van der Waals surface area contributed by atoms with Crippen LogP contribution in [0.1, 0.15) is 41.9 Å². The largest absolute Gasteiger partial charge is 0.310 e. The van der Waals surface area contributed by atoms with Gasteiger partial charge in [0, 0.05) is 17.5 Å². The number of carbonyl (C=O) groups excluding carboxylic acids is 1. The number of carbonyl (C=O) groups is 1. The van der Waals surface area contributed by atoms with Crippen LogP contribution in [0.4, 0.5) is 5.82 Å². The molecule has 0 spiro atoms. The molecule has 0 aliphatic rings. The number of amides is 1. The van der Waals surface area contributed by atoms with E-state index in [2.05, 4.69) is 20.4 Å². The number of nitrogens with one attached hydrogen (secondary N) is 1. The fraction of sp³-hybridized carbons (Fsp3) is 0.300. The molecule has 1 atom stereocenters. The van der Waals surface area contributed by atoms with Crippen LogP contribution in [-0.2, 0) is 4.79 Å². The average Bonchev–Trinajstić information content (AvgIpc) is 2.96. The first-order valence-corrected chi connectivity index (χ1v) is 8.73. The molecule has 0 radical (unpaired) electrons. The van der Waals surface area contributed by atoms with Crippen molar-refractivity contribution in [2.75, 3.05) is 5.32 Å². The van der Waals surface area contributed by atoms with Crippen LogP contribution in [0.5, 0.6) is 0 Å². The minimum absolute atomic E-state index is 0.0655. The smallest absolute Gasteiger partial charge is 0.252 e. The van der Waals surface area contributed by atoms with Crippen LogP contribution < -0.4 is 5.32 Å². The van der Waals surface area contributed by atoms with E-state index in [0.29, 0.717) is 18.2 Å². The number of nitrogens with zero attached hydrogens (tertiary/aromatic N) is 4. The predicted octanol–water partition coefficient (Wildman–Crippen LogP) is 3.72. The molecule has 1 amide bonds. The van der Waals surface area contributed by atoms with Crippen LogP contribution in [0.3, 0.4) is 0 Å². The molecule has 0 saturated carbocycles. The minimum Gasteiger partial charge on any atom is -0.310 e. The lowest BCUT2D eigenvalue weighted by molar-refractivity contribution is -0.117. The van der Waals surface area contributed by atoms with E-state index in [-0.39, 0.29) is 11.8 Å². The van der Waals surface area contributed by atoms with E-state index in [4.69, 9.17) is 0 Å². The topological polar surface area (TPSA) is 72.7 Å². The van der Waals surface area contributed by atoms with Gasteiger partial charge >= 0.3 is 0 Å². The summed E-state index contributed by atoms with van der Waals surface area (Å²) >= 11 is 0. The summed E-state index contributed by atoms with van der Waals surface area (Å²) in [6, 6.07) is 13.5. The Morgan fingerprint density at radius 2 is 1.69 bits per heavy atom. The highest BCUT2D eigenvalue weighted by Crippen LogP contribution is 2.23. The minimum atomic E-state index is -0.222. The van der Waals surface area contributed by atoms with E-state index < -0.39 is 0 Å². The van der Waals surface area contributed by atoms with Crippen molar-refractivity contribution in [1.82, 2.24) is 19.7 Å². The van der Waals surface area contributed by atoms with E-state index in [9.17, 15) is 4.79 Å². The molecule has 1 aromatic carbocycles. The second-order valence-corrected chi connectivity index (χ2v) is 6.39. The van der Waals surface area contributed by atoms with Gasteiger partial charge in [-0.3, -0.25) is 4.79 Å². The van der Waals surface area contributed by atoms with Crippen molar-refractivity contribution in [3.05, 3.63) is 65.1 Å². The van der Waals surface area contributed by atoms with E-state index in [0.717, 1.165) is 22.6 Å². The summed E-state index contributed by atoms with van der Waals surface area (Å²) < 4.78 is 1.59. The first-order chi connectivity index (χ1) is 12.5. The van der Waals surface area contributed by atoms with Crippen LogP contribution in [0, 0.1) is 20.8 Å². The first-order valence-electron chi connectivity index (χ1n) is 8.73. The highest BCUT2D eigenvalue weighted by atomic mass is 16.2. The first kappa shape index (κ1) is 17.8. The maximum atomic E-state index is 12.9. The molecule has 0 aliphatic heterocycles. The number of rotatable bonds is 5. The molecule has 2 heterocycles. The molecule has 3 aromatic rings. The van der Waals surface area contributed by atoms with Crippen molar-refractivity contribution < 1.29 is 4.79 Å². The van der Waals surface area contributed by atoms with Gasteiger partial charge in [0.05, 0.1) is 11.6 Å². The zero-order valence-corrected chi connectivity index (χ0v) is 15.5. The number of hydrogen-bond donors (Lipinski definition) is 1. The van der Waals surface area contributed by atoms with E-state index in [1.165, 1.54) is 0 Å². The third kappa shape index (κ3) is 3.79. The molecule has 3 rings (SSSR count). The maximum absolute atomic E-state index is 12.9. The van der Waals surface area contributed by atoms with Crippen LogP contribution in [0.2, 0.25) is 0 Å². The maximum Gasteiger partial charge on any atom is 0.252 e. The number of aromatic nitrogens is 4. The third-order valence-corrected chi connectivity index (χ3v) is 4.17. The Morgan fingerprint density at radius 1 is 1.04 bits per heavy atom. The molecule has 26 heavy (non-hydrogen) atoms. The summed E-state index contributed by atoms with van der Waals surface area (Å²) in [6.07, 6.45) is 0.711. The lowest BCUT2D eigenvalue weighted by atomic mass is 9.96. The zero-order chi connectivity index (χ0) is 18.7. The van der Waals surface area contributed by atoms with E-state index in [1.54, 1.807) is 4.68 Å². The summed E-state index contributed by atoms with van der Waals surface area (Å²) in [7, 11) is 0. The van der Waals surface area contributed by atoms with Gasteiger partial charge in [-0.25, -0.2) is 9.97 Å². The Labute approximate surface area is 153 Å². The Hall–Kier alpha value is -3.02. The molecule has 0 fully saturated rings. The molecule has 134 valence electrons. The zero-order valence-electron chi connectivity index (χ0n) is 15.5. The average molecular weight is 349 g/mol. The standard InChI is InChI=1S/C20H23N5O/c1-5-17(16-9-7-6-8-10-16)19(26)23-18-12-15(4)24-25(18)20-21-13(2)11-14(3)22-20/h6-12,17H,5H2,1-4H3,(H,23,26)/t17-/m1/s1. The second kappa shape index (κ2) is 7.47. The lowest BCUT2D eigenvalue weighted by Gasteiger charge is -2.16.